The highest BCUT2D eigenvalue weighted by Crippen LogP contribution is 2.43. The van der Waals surface area contributed by atoms with Gasteiger partial charge in [0.15, 0.2) is 0 Å². The van der Waals surface area contributed by atoms with Crippen LogP contribution in [0, 0.1) is 0 Å². The number of nitrogens with zero attached hydrogens (tertiary/aromatic N) is 2. The first-order chi connectivity index (χ1) is 29.6. The summed E-state index contributed by atoms with van der Waals surface area (Å²) in [6.07, 6.45) is 8.63. The van der Waals surface area contributed by atoms with E-state index < -0.39 is 12.2 Å². The van der Waals surface area contributed by atoms with Gasteiger partial charge in [-0.05, 0) is 122 Å². The summed E-state index contributed by atoms with van der Waals surface area (Å²) in [7, 11) is 0. The van der Waals surface area contributed by atoms with Gasteiger partial charge in [-0.3, -0.25) is 0 Å². The molecule has 0 radical (unpaired) electrons. The molecule has 0 unspecified atom stereocenters. The van der Waals surface area contributed by atoms with Gasteiger partial charge in [-0.25, -0.2) is 0 Å². The first-order valence-electron chi connectivity index (χ1n) is 22.2. The number of aliphatic hydroxyl groups excluding tert-OH is 2. The molecule has 0 aromatic heterocycles. The number of para-hydroxylation sites is 4. The summed E-state index contributed by atoms with van der Waals surface area (Å²) in [5.74, 6) is 0. The standard InChI is InChI=1S/2C27H29NO2/c2*29-27-25(15-8-16-26(27)30-19-20-9-2-1-3-10-20)28-23-13-6-4-11-21(23)17-18-22-12-5-7-14-24(22)28/h2*1-7,9-14,25-27,29H,8,15-19H2/t2*25-,26-,27+/m00/s1. The Morgan fingerprint density at radius 3 is 1.02 bits per heavy atom. The summed E-state index contributed by atoms with van der Waals surface area (Å²) >= 11 is 0. The van der Waals surface area contributed by atoms with Crippen LogP contribution in [0.5, 0.6) is 0 Å². The van der Waals surface area contributed by atoms with Crippen molar-refractivity contribution in [2.24, 2.45) is 0 Å². The van der Waals surface area contributed by atoms with E-state index in [0.29, 0.717) is 13.2 Å². The second kappa shape index (κ2) is 19.0. The fourth-order valence-electron chi connectivity index (χ4n) is 10.1. The van der Waals surface area contributed by atoms with E-state index in [4.69, 9.17) is 9.47 Å². The van der Waals surface area contributed by atoms with E-state index >= 15 is 0 Å². The van der Waals surface area contributed by atoms with Crippen LogP contribution in [0.3, 0.4) is 0 Å². The molecule has 6 heteroatoms. The molecule has 308 valence electrons. The number of aryl methyl sites for hydroxylation is 4. The Labute approximate surface area is 356 Å². The first-order valence-corrected chi connectivity index (χ1v) is 22.2. The van der Waals surface area contributed by atoms with Gasteiger partial charge < -0.3 is 29.5 Å². The van der Waals surface area contributed by atoms with E-state index in [1.165, 1.54) is 45.0 Å². The fourth-order valence-corrected chi connectivity index (χ4v) is 10.1. The lowest BCUT2D eigenvalue weighted by Crippen LogP contribution is -2.50. The lowest BCUT2D eigenvalue weighted by molar-refractivity contribution is -0.0739. The van der Waals surface area contributed by atoms with Crippen molar-refractivity contribution in [2.45, 2.75) is 114 Å². The molecule has 2 N–H and O–H groups in total. The molecule has 0 amide bonds. The molecule has 60 heavy (non-hydrogen) atoms. The maximum Gasteiger partial charge on any atom is 0.101 e. The van der Waals surface area contributed by atoms with Gasteiger partial charge in [-0.15, -0.1) is 0 Å². The minimum atomic E-state index is -0.526. The van der Waals surface area contributed by atoms with E-state index in [1.54, 1.807) is 0 Å². The maximum absolute atomic E-state index is 11.4. The maximum atomic E-state index is 11.4. The van der Waals surface area contributed by atoms with E-state index in [1.807, 2.05) is 36.4 Å². The Kier molecular flexibility index (Phi) is 12.7. The highest BCUT2D eigenvalue weighted by atomic mass is 16.5. The Balaban J connectivity index is 0.000000154. The van der Waals surface area contributed by atoms with Crippen molar-refractivity contribution in [3.63, 3.8) is 0 Å². The van der Waals surface area contributed by atoms with Crippen molar-refractivity contribution in [3.8, 4) is 0 Å². The van der Waals surface area contributed by atoms with E-state index in [-0.39, 0.29) is 24.3 Å². The van der Waals surface area contributed by atoms with Crippen LogP contribution in [-0.2, 0) is 48.4 Å². The van der Waals surface area contributed by atoms with Crippen LogP contribution < -0.4 is 9.80 Å². The van der Waals surface area contributed by atoms with Crippen LogP contribution in [0.2, 0.25) is 0 Å². The van der Waals surface area contributed by atoms with Gasteiger partial charge in [0.1, 0.15) is 12.2 Å². The molecule has 2 saturated carbocycles. The molecule has 0 spiro atoms. The monoisotopic (exact) mass is 798 g/mol. The lowest BCUT2D eigenvalue weighted by Gasteiger charge is -2.43. The average molecular weight is 799 g/mol. The van der Waals surface area contributed by atoms with Crippen LogP contribution in [0.25, 0.3) is 0 Å². The van der Waals surface area contributed by atoms with Crippen LogP contribution in [0.1, 0.15) is 71.9 Å². The molecule has 4 aliphatic rings. The number of rotatable bonds is 8. The molecule has 6 nitrogen and oxygen atoms in total. The quantitative estimate of drug-likeness (QED) is 0.160. The van der Waals surface area contributed by atoms with E-state index in [0.717, 1.165) is 75.3 Å². The summed E-state index contributed by atoms with van der Waals surface area (Å²) < 4.78 is 12.5. The molecule has 10 rings (SSSR count). The van der Waals surface area contributed by atoms with E-state index in [9.17, 15) is 10.2 Å². The molecule has 2 heterocycles. The zero-order chi connectivity index (χ0) is 40.7. The van der Waals surface area contributed by atoms with Crippen molar-refractivity contribution in [2.75, 3.05) is 9.80 Å². The molecule has 6 aromatic rings. The van der Waals surface area contributed by atoms with Crippen LogP contribution in [0.4, 0.5) is 22.7 Å². The van der Waals surface area contributed by atoms with Gasteiger partial charge in [0, 0.05) is 22.7 Å². The topological polar surface area (TPSA) is 65.4 Å². The second-order valence-corrected chi connectivity index (χ2v) is 16.9. The summed E-state index contributed by atoms with van der Waals surface area (Å²) in [6.45, 7) is 1.09. The summed E-state index contributed by atoms with van der Waals surface area (Å²) in [6, 6.07) is 55.2. The summed E-state index contributed by atoms with van der Waals surface area (Å²) in [4.78, 5) is 4.81. The molecule has 0 saturated heterocycles. The van der Waals surface area contributed by atoms with Gasteiger partial charge >= 0.3 is 0 Å². The van der Waals surface area contributed by atoms with Gasteiger partial charge in [0.05, 0.1) is 37.5 Å². The number of hydrogen-bond acceptors (Lipinski definition) is 6. The molecule has 6 atom stereocenters. The fraction of sp³-hybridized carbons (Fsp3) is 0.333. The third-order valence-electron chi connectivity index (χ3n) is 13.1. The Bertz CT molecular complexity index is 2040. The zero-order valence-electron chi connectivity index (χ0n) is 34.6. The Morgan fingerprint density at radius 2 is 0.683 bits per heavy atom. The zero-order valence-corrected chi connectivity index (χ0v) is 34.6. The highest BCUT2D eigenvalue weighted by molar-refractivity contribution is 5.73. The van der Waals surface area contributed by atoms with Gasteiger partial charge in [-0.1, -0.05) is 133 Å². The third kappa shape index (κ3) is 8.80. The minimum Gasteiger partial charge on any atom is -0.388 e. The number of benzene rings is 6. The molecule has 6 aromatic carbocycles. The molecular formula is C54H58N2O4. The van der Waals surface area contributed by atoms with Crippen molar-refractivity contribution < 1.29 is 19.7 Å². The van der Waals surface area contributed by atoms with Crippen molar-refractivity contribution in [3.05, 3.63) is 191 Å². The van der Waals surface area contributed by atoms with Crippen molar-refractivity contribution in [1.82, 2.24) is 0 Å². The number of hydrogen-bond donors (Lipinski definition) is 2. The Morgan fingerprint density at radius 1 is 0.383 bits per heavy atom. The molecular weight excluding hydrogens is 741 g/mol. The number of ether oxygens (including phenoxy) is 2. The number of anilines is 4. The van der Waals surface area contributed by atoms with Crippen LogP contribution in [0.15, 0.2) is 158 Å². The summed E-state index contributed by atoms with van der Waals surface area (Å²) in [5, 5.41) is 22.9. The van der Waals surface area contributed by atoms with Crippen molar-refractivity contribution >= 4 is 22.7 Å². The smallest absolute Gasteiger partial charge is 0.101 e. The molecule has 2 aliphatic carbocycles. The van der Waals surface area contributed by atoms with Crippen LogP contribution in [-0.4, -0.2) is 46.7 Å². The number of fused-ring (bicyclic) bond motifs is 4. The first kappa shape index (κ1) is 40.2. The van der Waals surface area contributed by atoms with Gasteiger partial charge in [-0.2, -0.15) is 0 Å². The Hall–Kier alpha value is -5.24. The van der Waals surface area contributed by atoms with Gasteiger partial charge in [0.25, 0.3) is 0 Å². The lowest BCUT2D eigenvalue weighted by atomic mass is 9.87. The molecule has 2 fully saturated rings. The molecule has 0 bridgehead atoms. The predicted molar refractivity (Wildman–Crippen MR) is 242 cm³/mol. The number of aliphatic hydroxyl groups is 2. The second-order valence-electron chi connectivity index (χ2n) is 16.9. The van der Waals surface area contributed by atoms with Gasteiger partial charge in [0.2, 0.25) is 0 Å². The summed E-state index contributed by atoms with van der Waals surface area (Å²) in [5.41, 5.74) is 12.6. The minimum absolute atomic E-state index is 0.0138. The largest absolute Gasteiger partial charge is 0.388 e. The predicted octanol–water partition coefficient (Wildman–Crippen LogP) is 10.8. The highest BCUT2D eigenvalue weighted by Gasteiger charge is 2.40. The molecule has 2 aliphatic heterocycles. The van der Waals surface area contributed by atoms with Crippen molar-refractivity contribution in [1.29, 1.82) is 0 Å². The van der Waals surface area contributed by atoms with E-state index in [2.05, 4.69) is 131 Å². The average Bonchev–Trinajstić information content (AvgIpc) is 3.58. The van der Waals surface area contributed by atoms with Crippen LogP contribution >= 0.6 is 0 Å². The third-order valence-corrected chi connectivity index (χ3v) is 13.1. The normalized spacial score (nSPS) is 23.4. The SMILES string of the molecule is O[C@H]1[C@@H](OCc2ccccc2)CCC[C@@H]1N1c2ccccc2CCc2ccccc21.O[C@H]1[C@@H](OCc2ccccc2)CCC[C@@H]1N1c2ccccc2CCc2ccccc21.